The summed E-state index contributed by atoms with van der Waals surface area (Å²) in [6, 6.07) is 16.9. The Morgan fingerprint density at radius 2 is 1.89 bits per heavy atom. The Bertz CT molecular complexity index is 1020. The standard InChI is InChI=1S/C31H40O7/c1-4-25(35-21-23-10-12-26(34-3)13-11-23)19-29-22(2)14-16-31(38-29)20-28(18-27(37-31)15-17-32)36-30(33)24-8-6-5-7-9-24/h5-13,17,22,25,27-29H,4,14-16,18-21H2,1-3H3/t22?,25-,27+,28+,29+,31+/m1/s1. The van der Waals surface area contributed by atoms with Gasteiger partial charge in [-0.3, -0.25) is 0 Å². The summed E-state index contributed by atoms with van der Waals surface area (Å²) in [7, 11) is 1.66. The molecule has 6 atom stereocenters. The summed E-state index contributed by atoms with van der Waals surface area (Å²) in [6.07, 6.45) is 4.49. The van der Waals surface area contributed by atoms with Crippen molar-refractivity contribution in [3.8, 4) is 5.75 Å². The van der Waals surface area contributed by atoms with Gasteiger partial charge in [0, 0.05) is 32.1 Å². The van der Waals surface area contributed by atoms with E-state index < -0.39 is 5.79 Å². The van der Waals surface area contributed by atoms with Crippen molar-refractivity contribution in [2.75, 3.05) is 7.11 Å². The quantitative estimate of drug-likeness (QED) is 0.268. The number of rotatable bonds is 11. The summed E-state index contributed by atoms with van der Waals surface area (Å²) in [4.78, 5) is 24.1. The third-order valence-electron chi connectivity index (χ3n) is 7.66. The maximum atomic E-state index is 12.8. The van der Waals surface area contributed by atoms with Gasteiger partial charge >= 0.3 is 5.97 Å². The molecule has 2 saturated heterocycles. The lowest BCUT2D eigenvalue weighted by molar-refractivity contribution is -0.336. The number of benzene rings is 2. The van der Waals surface area contributed by atoms with E-state index in [1.807, 2.05) is 42.5 Å². The number of hydrogen-bond acceptors (Lipinski definition) is 7. The maximum absolute atomic E-state index is 12.8. The first-order chi connectivity index (χ1) is 18.4. The fourth-order valence-electron chi connectivity index (χ4n) is 5.41. The molecule has 2 heterocycles. The average Bonchev–Trinajstić information content (AvgIpc) is 2.93. The first kappa shape index (κ1) is 28.3. The second-order valence-corrected chi connectivity index (χ2v) is 10.5. The van der Waals surface area contributed by atoms with Crippen LogP contribution in [-0.4, -0.2) is 49.6 Å². The van der Waals surface area contributed by atoms with E-state index in [2.05, 4.69) is 13.8 Å². The molecule has 7 nitrogen and oxygen atoms in total. The van der Waals surface area contributed by atoms with Gasteiger partial charge in [0.1, 0.15) is 18.1 Å². The van der Waals surface area contributed by atoms with Crippen molar-refractivity contribution in [3.05, 3.63) is 65.7 Å². The van der Waals surface area contributed by atoms with E-state index in [-0.39, 0.29) is 36.8 Å². The molecule has 4 rings (SSSR count). The van der Waals surface area contributed by atoms with E-state index in [0.717, 1.165) is 36.9 Å². The summed E-state index contributed by atoms with van der Waals surface area (Å²) in [5.41, 5.74) is 1.60. The van der Waals surface area contributed by atoms with Crippen molar-refractivity contribution in [2.24, 2.45) is 5.92 Å². The van der Waals surface area contributed by atoms with Crippen LogP contribution in [0.4, 0.5) is 0 Å². The van der Waals surface area contributed by atoms with Crippen LogP contribution in [0.5, 0.6) is 5.75 Å². The Labute approximate surface area is 225 Å². The molecule has 1 unspecified atom stereocenters. The van der Waals surface area contributed by atoms with E-state index >= 15 is 0 Å². The van der Waals surface area contributed by atoms with Crippen LogP contribution in [0, 0.1) is 5.92 Å². The van der Waals surface area contributed by atoms with Crippen molar-refractivity contribution >= 4 is 12.3 Å². The summed E-state index contributed by atoms with van der Waals surface area (Å²) in [5.74, 6) is -0.0848. The largest absolute Gasteiger partial charge is 0.497 e. The third kappa shape index (κ3) is 7.43. The number of carbonyl (C=O) groups excluding carboxylic acids is 2. The Morgan fingerprint density at radius 1 is 1.13 bits per heavy atom. The minimum absolute atomic E-state index is 0.0285. The highest BCUT2D eigenvalue weighted by Crippen LogP contribution is 2.43. The van der Waals surface area contributed by atoms with Crippen molar-refractivity contribution in [1.29, 1.82) is 0 Å². The van der Waals surface area contributed by atoms with E-state index in [0.29, 0.717) is 37.4 Å². The summed E-state index contributed by atoms with van der Waals surface area (Å²) in [5, 5.41) is 0. The Hall–Kier alpha value is -2.74. The van der Waals surface area contributed by atoms with Gasteiger partial charge in [0.25, 0.3) is 0 Å². The number of ether oxygens (including phenoxy) is 5. The van der Waals surface area contributed by atoms with Gasteiger partial charge in [-0.25, -0.2) is 4.79 Å². The molecule has 2 aromatic rings. The topological polar surface area (TPSA) is 80.3 Å². The first-order valence-electron chi connectivity index (χ1n) is 13.7. The predicted octanol–water partition coefficient (Wildman–Crippen LogP) is 5.89. The highest BCUT2D eigenvalue weighted by molar-refractivity contribution is 5.89. The van der Waals surface area contributed by atoms with Gasteiger partial charge in [-0.2, -0.15) is 0 Å². The molecule has 2 aliphatic rings. The fourth-order valence-corrected chi connectivity index (χ4v) is 5.41. The Kier molecular flexibility index (Phi) is 9.94. The van der Waals surface area contributed by atoms with E-state index in [1.165, 1.54) is 0 Å². The van der Waals surface area contributed by atoms with Crippen molar-refractivity contribution in [1.82, 2.24) is 0 Å². The predicted molar refractivity (Wildman–Crippen MR) is 143 cm³/mol. The second kappa shape index (κ2) is 13.4. The molecule has 1 spiro atoms. The molecule has 38 heavy (non-hydrogen) atoms. The molecule has 0 bridgehead atoms. The Balaban J connectivity index is 1.40. The molecular weight excluding hydrogens is 484 g/mol. The van der Waals surface area contributed by atoms with Crippen molar-refractivity contribution in [2.45, 2.75) is 95.6 Å². The lowest BCUT2D eigenvalue weighted by Gasteiger charge is -2.49. The van der Waals surface area contributed by atoms with Crippen LogP contribution in [0.3, 0.4) is 0 Å². The molecule has 0 saturated carbocycles. The average molecular weight is 525 g/mol. The molecule has 0 aromatic heterocycles. The molecule has 0 N–H and O–H groups in total. The van der Waals surface area contributed by atoms with Crippen LogP contribution < -0.4 is 4.74 Å². The molecule has 0 radical (unpaired) electrons. The van der Waals surface area contributed by atoms with Gasteiger partial charge < -0.3 is 28.5 Å². The van der Waals surface area contributed by atoms with Crippen molar-refractivity contribution < 1.29 is 33.3 Å². The van der Waals surface area contributed by atoms with E-state index in [4.69, 9.17) is 23.7 Å². The summed E-state index contributed by atoms with van der Waals surface area (Å²) in [6.45, 7) is 4.84. The molecule has 0 aliphatic carbocycles. The molecule has 2 fully saturated rings. The number of hydrogen-bond donors (Lipinski definition) is 0. The lowest BCUT2D eigenvalue weighted by atomic mass is 9.84. The molecular formula is C31H40O7. The second-order valence-electron chi connectivity index (χ2n) is 10.5. The van der Waals surface area contributed by atoms with Crippen LogP contribution in [-0.2, 0) is 30.3 Å². The SMILES string of the molecule is CC[C@H](C[C@@H]1O[C@@]2(CCC1C)C[C@@H](OC(=O)c1ccccc1)C[C@H](CC=O)O2)OCc1ccc(OC)cc1. The fraction of sp³-hybridized carbons (Fsp3) is 0.548. The van der Waals surface area contributed by atoms with Gasteiger partial charge in [-0.05, 0) is 48.6 Å². The first-order valence-corrected chi connectivity index (χ1v) is 13.7. The van der Waals surface area contributed by atoms with E-state index in [1.54, 1.807) is 19.2 Å². The zero-order valence-corrected chi connectivity index (χ0v) is 22.7. The van der Waals surface area contributed by atoms with Gasteiger partial charge in [0.2, 0.25) is 0 Å². The summed E-state index contributed by atoms with van der Waals surface area (Å²) < 4.78 is 30.6. The van der Waals surface area contributed by atoms with Crippen LogP contribution in [0.25, 0.3) is 0 Å². The maximum Gasteiger partial charge on any atom is 0.338 e. The highest BCUT2D eigenvalue weighted by Gasteiger charge is 2.49. The Morgan fingerprint density at radius 3 is 2.58 bits per heavy atom. The highest BCUT2D eigenvalue weighted by atomic mass is 16.7. The van der Waals surface area contributed by atoms with E-state index in [9.17, 15) is 9.59 Å². The van der Waals surface area contributed by atoms with Crippen LogP contribution in [0.1, 0.15) is 74.7 Å². The minimum Gasteiger partial charge on any atom is -0.497 e. The monoisotopic (exact) mass is 524 g/mol. The molecule has 2 aliphatic heterocycles. The van der Waals surface area contributed by atoms with Crippen LogP contribution >= 0.6 is 0 Å². The minimum atomic E-state index is -0.876. The van der Waals surface area contributed by atoms with Gasteiger partial charge in [0.05, 0.1) is 37.6 Å². The molecule has 7 heteroatoms. The normalized spacial score (nSPS) is 28.0. The smallest absolute Gasteiger partial charge is 0.338 e. The van der Waals surface area contributed by atoms with Crippen molar-refractivity contribution in [3.63, 3.8) is 0 Å². The van der Waals surface area contributed by atoms with Crippen LogP contribution in [0.15, 0.2) is 54.6 Å². The van der Waals surface area contributed by atoms with Gasteiger partial charge in [-0.1, -0.05) is 44.2 Å². The number of carbonyl (C=O) groups is 2. The molecule has 206 valence electrons. The van der Waals surface area contributed by atoms with Gasteiger partial charge in [0.15, 0.2) is 5.79 Å². The lowest BCUT2D eigenvalue weighted by Crippen LogP contribution is -2.54. The zero-order chi connectivity index (χ0) is 27.0. The van der Waals surface area contributed by atoms with Crippen LogP contribution in [0.2, 0.25) is 0 Å². The third-order valence-corrected chi connectivity index (χ3v) is 7.66. The molecule has 2 aromatic carbocycles. The molecule has 0 amide bonds. The summed E-state index contributed by atoms with van der Waals surface area (Å²) >= 11 is 0. The number of esters is 1. The zero-order valence-electron chi connectivity index (χ0n) is 22.7. The van der Waals surface area contributed by atoms with Gasteiger partial charge in [-0.15, -0.1) is 0 Å². The number of methoxy groups -OCH3 is 1. The number of aldehydes is 1.